The maximum Gasteiger partial charge on any atom is 0.338 e. The number of rotatable bonds is 6. The van der Waals surface area contributed by atoms with Gasteiger partial charge in [-0.15, -0.1) is 0 Å². The molecule has 5 aliphatic rings. The van der Waals surface area contributed by atoms with Crippen molar-refractivity contribution in [2.24, 2.45) is 16.7 Å². The fourth-order valence-corrected chi connectivity index (χ4v) is 8.81. The third-order valence-electron chi connectivity index (χ3n) is 11.6. The minimum absolute atomic E-state index is 0.0317. The fraction of sp³-hybridized carbons (Fsp3) is 0.647. The molecule has 0 radical (unpaired) electrons. The van der Waals surface area contributed by atoms with Crippen molar-refractivity contribution in [1.82, 2.24) is 5.32 Å². The number of hydrogen-bond donors (Lipinski definition) is 6. The first kappa shape index (κ1) is 35.2. The lowest BCUT2D eigenvalue weighted by Gasteiger charge is -2.66. The normalized spacial score (nSPS) is 38.5. The van der Waals surface area contributed by atoms with Crippen LogP contribution in [0.25, 0.3) is 0 Å². The summed E-state index contributed by atoms with van der Waals surface area (Å²) in [5.74, 6) is -4.22. The lowest BCUT2D eigenvalue weighted by molar-refractivity contribution is -0.345. The molecule has 49 heavy (non-hydrogen) atoms. The Kier molecular flexibility index (Phi) is 8.44. The van der Waals surface area contributed by atoms with Crippen molar-refractivity contribution in [2.75, 3.05) is 13.4 Å². The quantitative estimate of drug-likeness (QED) is 0.167. The Balaban J connectivity index is 1.43. The zero-order valence-corrected chi connectivity index (χ0v) is 28.1. The second-order valence-electron chi connectivity index (χ2n) is 14.6. The van der Waals surface area contributed by atoms with Gasteiger partial charge in [-0.05, 0) is 42.7 Å². The van der Waals surface area contributed by atoms with Crippen LogP contribution in [0.15, 0.2) is 29.3 Å². The van der Waals surface area contributed by atoms with Gasteiger partial charge in [0.2, 0.25) is 12.7 Å². The number of benzene rings is 1. The summed E-state index contributed by atoms with van der Waals surface area (Å²) in [5.41, 5.74) is -7.09. The smallest absolute Gasteiger partial charge is 0.338 e. The first-order chi connectivity index (χ1) is 22.8. The van der Waals surface area contributed by atoms with Crippen molar-refractivity contribution in [3.8, 4) is 11.5 Å². The second-order valence-corrected chi connectivity index (χ2v) is 14.6. The van der Waals surface area contributed by atoms with Gasteiger partial charge >= 0.3 is 11.9 Å². The molecule has 2 heterocycles. The van der Waals surface area contributed by atoms with E-state index in [2.05, 4.69) is 5.32 Å². The fourth-order valence-electron chi connectivity index (χ4n) is 8.81. The van der Waals surface area contributed by atoms with E-state index in [1.807, 2.05) is 0 Å². The SMILES string of the molecule is CC(=O)N[C@@H](c1ccc2c(c1)OCO2)[C@@H](O)C(=O)O[C@H]1C[C@@]2(O)[C@@H](OC(C)=O)[C@@H]3[C@]4(O)CO[C@@H]4C[C@H](O)[C@@]3(C)C(=O)[C@H](O)C(=C1C)C2(C)C. The number of esters is 2. The monoisotopic (exact) mass is 689 g/mol. The van der Waals surface area contributed by atoms with Crippen LogP contribution in [0.2, 0.25) is 0 Å². The van der Waals surface area contributed by atoms with E-state index in [9.17, 15) is 44.7 Å². The van der Waals surface area contributed by atoms with Crippen LogP contribution in [0, 0.1) is 16.7 Å². The van der Waals surface area contributed by atoms with E-state index in [0.717, 1.165) is 6.92 Å². The van der Waals surface area contributed by atoms with E-state index < -0.39 is 101 Å². The first-order valence-electron chi connectivity index (χ1n) is 16.2. The second kappa shape index (κ2) is 11.7. The number of ether oxygens (including phenoxy) is 5. The van der Waals surface area contributed by atoms with Crippen LogP contribution in [-0.4, -0.2) is 110 Å². The van der Waals surface area contributed by atoms with Crippen molar-refractivity contribution in [3.63, 3.8) is 0 Å². The molecule has 0 spiro atoms. The molecule has 268 valence electrons. The van der Waals surface area contributed by atoms with Gasteiger partial charge in [0.1, 0.15) is 29.5 Å². The predicted molar refractivity (Wildman–Crippen MR) is 165 cm³/mol. The number of amides is 1. The standard InChI is InChI=1S/C34H43NO14/c1-14-20(49-30(42)26(40)24(35-15(2)36)17-7-8-18-19(9-17)47-13-46-18)11-34(44)29(48-16(3)37)27-32(6,21(38)10-22-33(27,43)12-45-22)28(41)25(39)23(14)31(34,4)5/h7-9,20-22,24-27,29,38-40,43-44H,10-13H2,1-6H3,(H,35,36)/t20-,21-,22+,24-,25+,26+,27-,29-,32+,33-,34+/m0/s1. The van der Waals surface area contributed by atoms with E-state index in [-0.39, 0.29) is 31.0 Å². The Labute approximate surface area is 282 Å². The highest BCUT2D eigenvalue weighted by Gasteiger charge is 2.76. The molecule has 1 aromatic rings. The van der Waals surface area contributed by atoms with Gasteiger partial charge in [0.25, 0.3) is 0 Å². The number of nitrogens with one attached hydrogen (secondary N) is 1. The molecule has 6 rings (SSSR count). The molecule has 15 nitrogen and oxygen atoms in total. The average Bonchev–Trinajstić information content (AvgIpc) is 3.49. The van der Waals surface area contributed by atoms with Crippen LogP contribution < -0.4 is 14.8 Å². The lowest BCUT2D eigenvalue weighted by atomic mass is 9.45. The van der Waals surface area contributed by atoms with Gasteiger partial charge in [0.05, 0.1) is 30.3 Å². The van der Waals surface area contributed by atoms with E-state index >= 15 is 0 Å². The van der Waals surface area contributed by atoms with Gasteiger partial charge in [-0.2, -0.15) is 0 Å². The van der Waals surface area contributed by atoms with Gasteiger partial charge < -0.3 is 54.5 Å². The molecular weight excluding hydrogens is 646 g/mol. The number of hydrogen-bond acceptors (Lipinski definition) is 14. The van der Waals surface area contributed by atoms with Crippen LogP contribution in [0.4, 0.5) is 0 Å². The molecule has 3 aliphatic carbocycles. The van der Waals surface area contributed by atoms with Crippen molar-refractivity contribution < 1.29 is 68.4 Å². The predicted octanol–water partition coefficient (Wildman–Crippen LogP) is -0.265. The third-order valence-corrected chi connectivity index (χ3v) is 11.6. The molecule has 1 aromatic carbocycles. The Hall–Kier alpha value is -3.60. The molecule has 2 bridgehead atoms. The van der Waals surface area contributed by atoms with Crippen molar-refractivity contribution in [3.05, 3.63) is 34.9 Å². The van der Waals surface area contributed by atoms with Crippen molar-refractivity contribution in [2.45, 2.75) is 108 Å². The molecule has 2 saturated carbocycles. The van der Waals surface area contributed by atoms with Gasteiger partial charge in [-0.25, -0.2) is 4.79 Å². The molecule has 3 fully saturated rings. The summed E-state index contributed by atoms with van der Waals surface area (Å²) in [7, 11) is 0. The minimum atomic E-state index is -2.24. The number of aliphatic hydroxyl groups is 5. The Bertz CT molecular complexity index is 1620. The number of carbonyl (C=O) groups excluding carboxylic acids is 4. The van der Waals surface area contributed by atoms with Crippen LogP contribution in [0.5, 0.6) is 11.5 Å². The zero-order chi connectivity index (χ0) is 36.0. The molecule has 11 atom stereocenters. The largest absolute Gasteiger partial charge is 0.459 e. The van der Waals surface area contributed by atoms with E-state index in [0.29, 0.717) is 17.1 Å². The summed E-state index contributed by atoms with van der Waals surface area (Å²) in [4.78, 5) is 53.0. The Morgan fingerprint density at radius 3 is 2.33 bits per heavy atom. The third kappa shape index (κ3) is 5.08. The number of ketones is 1. The highest BCUT2D eigenvalue weighted by molar-refractivity contribution is 5.93. The summed E-state index contributed by atoms with van der Waals surface area (Å²) in [6, 6.07) is 3.28. The first-order valence-corrected chi connectivity index (χ1v) is 16.2. The number of carbonyl (C=O) groups is 4. The van der Waals surface area contributed by atoms with E-state index in [1.165, 1.54) is 32.9 Å². The maximum atomic E-state index is 14.4. The zero-order valence-electron chi connectivity index (χ0n) is 28.1. The molecular formula is C34H43NO14. The average molecular weight is 690 g/mol. The Morgan fingerprint density at radius 2 is 1.71 bits per heavy atom. The highest BCUT2D eigenvalue weighted by atomic mass is 16.7. The van der Waals surface area contributed by atoms with Crippen LogP contribution in [0.3, 0.4) is 0 Å². The molecule has 0 aromatic heterocycles. The molecule has 6 N–H and O–H groups in total. The van der Waals surface area contributed by atoms with Crippen molar-refractivity contribution in [1.29, 1.82) is 0 Å². The van der Waals surface area contributed by atoms with Crippen LogP contribution in [-0.2, 0) is 33.4 Å². The van der Waals surface area contributed by atoms with E-state index in [4.69, 9.17) is 23.7 Å². The summed E-state index contributed by atoms with van der Waals surface area (Å²) in [6.07, 6.45) is -10.0. The van der Waals surface area contributed by atoms with Gasteiger partial charge in [0.15, 0.2) is 23.4 Å². The van der Waals surface area contributed by atoms with E-state index in [1.54, 1.807) is 19.9 Å². The maximum absolute atomic E-state index is 14.4. The van der Waals surface area contributed by atoms with Crippen LogP contribution >= 0.6 is 0 Å². The summed E-state index contributed by atoms with van der Waals surface area (Å²) in [5, 5.41) is 61.9. The van der Waals surface area contributed by atoms with Gasteiger partial charge in [0, 0.05) is 38.0 Å². The van der Waals surface area contributed by atoms with Crippen molar-refractivity contribution >= 4 is 23.6 Å². The van der Waals surface area contributed by atoms with Gasteiger partial charge in [-0.1, -0.05) is 19.9 Å². The Morgan fingerprint density at radius 1 is 1.04 bits per heavy atom. The molecule has 1 amide bonds. The highest BCUT2D eigenvalue weighted by Crippen LogP contribution is 2.63. The van der Waals surface area contributed by atoms with Crippen LogP contribution in [0.1, 0.15) is 66.0 Å². The van der Waals surface area contributed by atoms with Gasteiger partial charge in [-0.3, -0.25) is 14.4 Å². The number of aliphatic hydroxyl groups excluding tert-OH is 3. The molecule has 2 aliphatic heterocycles. The number of Topliss-reactive ketones (excluding diaryl/α,β-unsaturated/α-hetero) is 1. The summed E-state index contributed by atoms with van der Waals surface area (Å²) >= 11 is 0. The lowest BCUT2D eigenvalue weighted by Crippen LogP contribution is -2.81. The molecule has 15 heteroatoms. The molecule has 1 saturated heterocycles. The number of fused-ring (bicyclic) bond motifs is 6. The summed E-state index contributed by atoms with van der Waals surface area (Å²) < 4.78 is 27.9. The summed E-state index contributed by atoms with van der Waals surface area (Å²) in [6.45, 7) is 7.93. The molecule has 0 unspecified atom stereocenters. The minimum Gasteiger partial charge on any atom is -0.459 e. The topological polar surface area (TPSA) is 228 Å².